The van der Waals surface area contributed by atoms with E-state index < -0.39 is 23.2 Å². The van der Waals surface area contributed by atoms with Crippen LogP contribution < -0.4 is 10.2 Å². The number of anilines is 2. The van der Waals surface area contributed by atoms with Gasteiger partial charge in [0.2, 0.25) is 0 Å². The molecule has 1 saturated heterocycles. The average Bonchev–Trinajstić information content (AvgIpc) is 2.81. The second-order valence-electron chi connectivity index (χ2n) is 7.65. The zero-order valence-corrected chi connectivity index (χ0v) is 17.3. The van der Waals surface area contributed by atoms with Gasteiger partial charge < -0.3 is 10.2 Å². The zero-order chi connectivity index (χ0) is 22.6. The highest BCUT2D eigenvalue weighted by atomic mass is 19.4. The number of nitrogens with one attached hydrogen (secondary N) is 1. The molecule has 3 aromatic rings. The first-order valence-electron chi connectivity index (χ1n) is 10.3. The van der Waals surface area contributed by atoms with Crippen LogP contribution in [0.5, 0.6) is 0 Å². The number of alkyl halides is 3. The molecule has 1 aliphatic rings. The molecule has 0 unspecified atom stereocenters. The van der Waals surface area contributed by atoms with Gasteiger partial charge in [-0.25, -0.2) is 4.98 Å². The van der Waals surface area contributed by atoms with E-state index in [0.29, 0.717) is 5.69 Å². The highest BCUT2D eigenvalue weighted by molar-refractivity contribution is 6.05. The number of amides is 1. The van der Waals surface area contributed by atoms with Gasteiger partial charge in [-0.3, -0.25) is 9.69 Å². The maximum atomic E-state index is 13.2. The second-order valence-corrected chi connectivity index (χ2v) is 7.65. The summed E-state index contributed by atoms with van der Waals surface area (Å²) in [6, 6.07) is 17.9. The Morgan fingerprint density at radius 3 is 2.25 bits per heavy atom. The minimum atomic E-state index is -4.58. The molecule has 0 spiro atoms. The largest absolute Gasteiger partial charge is 0.417 e. The number of nitrogens with zero attached hydrogens (tertiary/aromatic N) is 3. The minimum absolute atomic E-state index is 0.394. The van der Waals surface area contributed by atoms with E-state index in [1.165, 1.54) is 18.2 Å². The lowest BCUT2D eigenvalue weighted by atomic mass is 10.1. The Hall–Kier alpha value is -3.39. The third-order valence-corrected chi connectivity index (χ3v) is 5.44. The number of rotatable bonds is 5. The SMILES string of the molecule is O=C(Nc1ccc(CN2CCN(c3ccccn3)CC2)cc1)c1ccccc1C(F)(F)F. The van der Waals surface area contributed by atoms with Crippen molar-refractivity contribution in [3.63, 3.8) is 0 Å². The molecular formula is C24H23F3N4O. The third-order valence-electron chi connectivity index (χ3n) is 5.44. The van der Waals surface area contributed by atoms with Gasteiger partial charge in [-0.15, -0.1) is 0 Å². The van der Waals surface area contributed by atoms with Crippen LogP contribution in [-0.2, 0) is 12.7 Å². The molecule has 0 radical (unpaired) electrons. The van der Waals surface area contributed by atoms with E-state index in [-0.39, 0.29) is 0 Å². The van der Waals surface area contributed by atoms with Crippen molar-refractivity contribution in [2.75, 3.05) is 36.4 Å². The maximum absolute atomic E-state index is 13.2. The topological polar surface area (TPSA) is 48.5 Å². The first-order chi connectivity index (χ1) is 15.4. The van der Waals surface area contributed by atoms with Gasteiger partial charge in [0.15, 0.2) is 0 Å². The number of carbonyl (C=O) groups is 1. The van der Waals surface area contributed by atoms with Crippen LogP contribution in [-0.4, -0.2) is 42.0 Å². The minimum Gasteiger partial charge on any atom is -0.354 e. The van der Waals surface area contributed by atoms with Gasteiger partial charge >= 0.3 is 6.18 Å². The lowest BCUT2D eigenvalue weighted by Gasteiger charge is -2.35. The van der Waals surface area contributed by atoms with E-state index in [2.05, 4.69) is 20.1 Å². The summed E-state index contributed by atoms with van der Waals surface area (Å²) in [5.74, 6) is 0.204. The molecule has 1 N–H and O–H groups in total. The fourth-order valence-electron chi connectivity index (χ4n) is 3.75. The lowest BCUT2D eigenvalue weighted by Crippen LogP contribution is -2.46. The zero-order valence-electron chi connectivity index (χ0n) is 17.3. The smallest absolute Gasteiger partial charge is 0.354 e. The third kappa shape index (κ3) is 5.26. The number of halogens is 3. The summed E-state index contributed by atoms with van der Waals surface area (Å²) in [6.45, 7) is 4.36. The molecule has 5 nitrogen and oxygen atoms in total. The van der Waals surface area contributed by atoms with Crippen LogP contribution in [0.2, 0.25) is 0 Å². The number of benzene rings is 2. The maximum Gasteiger partial charge on any atom is 0.417 e. The number of pyridine rings is 1. The molecule has 0 saturated carbocycles. The summed E-state index contributed by atoms with van der Waals surface area (Å²) in [5.41, 5.74) is 0.189. The van der Waals surface area contributed by atoms with E-state index in [1.54, 1.807) is 18.3 Å². The molecule has 166 valence electrons. The van der Waals surface area contributed by atoms with E-state index in [9.17, 15) is 18.0 Å². The molecule has 2 heterocycles. The summed E-state index contributed by atoms with van der Waals surface area (Å²) in [4.78, 5) is 21.4. The van der Waals surface area contributed by atoms with Gasteiger partial charge in [0, 0.05) is 44.6 Å². The van der Waals surface area contributed by atoms with E-state index >= 15 is 0 Å². The van der Waals surface area contributed by atoms with Crippen LogP contribution in [0.15, 0.2) is 72.9 Å². The van der Waals surface area contributed by atoms with Crippen LogP contribution in [0.1, 0.15) is 21.5 Å². The Bertz CT molecular complexity index is 1050. The number of aromatic nitrogens is 1. The Kier molecular flexibility index (Phi) is 6.41. The number of hydrogen-bond acceptors (Lipinski definition) is 4. The molecule has 32 heavy (non-hydrogen) atoms. The first kappa shape index (κ1) is 21.8. The van der Waals surface area contributed by atoms with Crippen LogP contribution >= 0.6 is 0 Å². The molecule has 8 heteroatoms. The van der Waals surface area contributed by atoms with Crippen LogP contribution in [0.25, 0.3) is 0 Å². The normalized spacial score (nSPS) is 14.9. The fourth-order valence-corrected chi connectivity index (χ4v) is 3.75. The van der Waals surface area contributed by atoms with Crippen molar-refractivity contribution in [2.24, 2.45) is 0 Å². The number of piperazine rings is 1. The quantitative estimate of drug-likeness (QED) is 0.626. The van der Waals surface area contributed by atoms with E-state index in [1.807, 2.05) is 30.3 Å². The molecule has 1 aliphatic heterocycles. The summed E-state index contributed by atoms with van der Waals surface area (Å²) in [6.07, 6.45) is -2.79. The fraction of sp³-hybridized carbons (Fsp3) is 0.250. The van der Waals surface area contributed by atoms with Crippen molar-refractivity contribution in [2.45, 2.75) is 12.7 Å². The molecule has 0 atom stereocenters. The Morgan fingerprint density at radius 2 is 1.59 bits per heavy atom. The van der Waals surface area contributed by atoms with Crippen molar-refractivity contribution in [1.82, 2.24) is 9.88 Å². The highest BCUT2D eigenvalue weighted by Crippen LogP contribution is 2.32. The monoisotopic (exact) mass is 440 g/mol. The number of hydrogen-bond donors (Lipinski definition) is 1. The van der Waals surface area contributed by atoms with Gasteiger partial charge in [0.25, 0.3) is 5.91 Å². The average molecular weight is 440 g/mol. The van der Waals surface area contributed by atoms with Gasteiger partial charge in [-0.2, -0.15) is 13.2 Å². The number of carbonyl (C=O) groups excluding carboxylic acids is 1. The summed E-state index contributed by atoms with van der Waals surface area (Å²) in [5, 5.41) is 2.56. The highest BCUT2D eigenvalue weighted by Gasteiger charge is 2.34. The first-order valence-corrected chi connectivity index (χ1v) is 10.3. The van der Waals surface area contributed by atoms with Crippen molar-refractivity contribution in [3.05, 3.63) is 89.6 Å². The van der Waals surface area contributed by atoms with Crippen molar-refractivity contribution >= 4 is 17.4 Å². The van der Waals surface area contributed by atoms with Gasteiger partial charge in [0.05, 0.1) is 11.1 Å². The Labute approximate surface area is 184 Å². The van der Waals surface area contributed by atoms with Crippen LogP contribution in [0.3, 0.4) is 0 Å². The van der Waals surface area contributed by atoms with Crippen molar-refractivity contribution in [3.8, 4) is 0 Å². The van der Waals surface area contributed by atoms with E-state index in [4.69, 9.17) is 0 Å². The van der Waals surface area contributed by atoms with Gasteiger partial charge in [0.1, 0.15) is 5.82 Å². The summed E-state index contributed by atoms with van der Waals surface area (Å²) >= 11 is 0. The molecule has 1 aromatic heterocycles. The molecule has 0 bridgehead atoms. The molecule has 1 amide bonds. The molecule has 1 fully saturated rings. The lowest BCUT2D eigenvalue weighted by molar-refractivity contribution is -0.137. The summed E-state index contributed by atoms with van der Waals surface area (Å²) in [7, 11) is 0. The van der Waals surface area contributed by atoms with Crippen molar-refractivity contribution < 1.29 is 18.0 Å². The molecule has 2 aromatic carbocycles. The predicted molar refractivity (Wildman–Crippen MR) is 118 cm³/mol. The predicted octanol–water partition coefficient (Wildman–Crippen LogP) is 4.67. The van der Waals surface area contributed by atoms with Crippen LogP contribution in [0.4, 0.5) is 24.7 Å². The van der Waals surface area contributed by atoms with E-state index in [0.717, 1.165) is 50.2 Å². The standard InChI is InChI=1S/C24H23F3N4O/c25-24(26,27)21-6-2-1-5-20(21)23(32)29-19-10-8-18(9-11-19)17-30-13-15-31(16-14-30)22-7-3-4-12-28-22/h1-12H,13-17H2,(H,29,32). The van der Waals surface area contributed by atoms with Crippen LogP contribution in [0, 0.1) is 0 Å². The molecule has 4 rings (SSSR count). The van der Waals surface area contributed by atoms with Crippen molar-refractivity contribution in [1.29, 1.82) is 0 Å². The molecule has 0 aliphatic carbocycles. The Morgan fingerprint density at radius 1 is 0.906 bits per heavy atom. The summed E-state index contributed by atoms with van der Waals surface area (Å²) < 4.78 is 39.5. The molecular weight excluding hydrogens is 417 g/mol. The van der Waals surface area contributed by atoms with Gasteiger partial charge in [-0.1, -0.05) is 30.3 Å². The Balaban J connectivity index is 1.33. The second kappa shape index (κ2) is 9.40. The van der Waals surface area contributed by atoms with Gasteiger partial charge in [-0.05, 0) is 42.0 Å².